The van der Waals surface area contributed by atoms with Gasteiger partial charge in [0.2, 0.25) is 0 Å². The van der Waals surface area contributed by atoms with E-state index < -0.39 is 15.8 Å². The molecule has 29 heavy (non-hydrogen) atoms. The molecule has 0 aliphatic rings. The third-order valence-electron chi connectivity index (χ3n) is 4.09. The first kappa shape index (κ1) is 20.9. The molecular weight excluding hydrogens is 417 g/mol. The van der Waals surface area contributed by atoms with Gasteiger partial charge in [-0.25, -0.2) is 12.8 Å². The SMILES string of the molecule is CC(=O)Cc1cc(-c2cnc(C)c(NS(=O)(=O)c3ccc(F)cc3Cl)c2)ccn1. The summed E-state index contributed by atoms with van der Waals surface area (Å²) in [6, 6.07) is 8.18. The summed E-state index contributed by atoms with van der Waals surface area (Å²) < 4.78 is 41.1. The molecule has 1 N–H and O–H groups in total. The second kappa shape index (κ2) is 8.26. The third-order valence-corrected chi connectivity index (χ3v) is 5.94. The van der Waals surface area contributed by atoms with Crippen LogP contribution >= 0.6 is 11.6 Å². The number of anilines is 1. The first-order valence-electron chi connectivity index (χ1n) is 8.55. The van der Waals surface area contributed by atoms with Crippen molar-refractivity contribution in [2.45, 2.75) is 25.2 Å². The van der Waals surface area contributed by atoms with Crippen LogP contribution in [0.25, 0.3) is 11.1 Å². The number of hydrogen-bond acceptors (Lipinski definition) is 5. The number of carbonyl (C=O) groups is 1. The van der Waals surface area contributed by atoms with E-state index in [1.54, 1.807) is 37.5 Å². The van der Waals surface area contributed by atoms with E-state index in [1.807, 2.05) is 0 Å². The molecule has 0 saturated carbocycles. The molecular formula is C20H17ClFN3O3S. The number of nitrogens with one attached hydrogen (secondary N) is 1. The summed E-state index contributed by atoms with van der Waals surface area (Å²) in [5, 5.41) is -0.220. The van der Waals surface area contributed by atoms with E-state index in [0.29, 0.717) is 17.0 Å². The Morgan fingerprint density at radius 3 is 2.59 bits per heavy atom. The van der Waals surface area contributed by atoms with Gasteiger partial charge in [-0.3, -0.25) is 19.5 Å². The zero-order valence-electron chi connectivity index (χ0n) is 15.6. The van der Waals surface area contributed by atoms with E-state index >= 15 is 0 Å². The Morgan fingerprint density at radius 2 is 1.90 bits per heavy atom. The van der Waals surface area contributed by atoms with Gasteiger partial charge in [-0.1, -0.05) is 11.6 Å². The average molecular weight is 434 g/mol. The van der Waals surface area contributed by atoms with Gasteiger partial charge in [-0.2, -0.15) is 0 Å². The normalized spacial score (nSPS) is 11.3. The highest BCUT2D eigenvalue weighted by Gasteiger charge is 2.20. The van der Waals surface area contributed by atoms with Crippen molar-refractivity contribution < 1.29 is 17.6 Å². The Balaban J connectivity index is 1.97. The van der Waals surface area contributed by atoms with Crippen molar-refractivity contribution in [3.63, 3.8) is 0 Å². The topological polar surface area (TPSA) is 89.0 Å². The van der Waals surface area contributed by atoms with Crippen molar-refractivity contribution >= 4 is 33.1 Å². The highest BCUT2D eigenvalue weighted by atomic mass is 35.5. The van der Waals surface area contributed by atoms with Crippen LogP contribution in [0.5, 0.6) is 0 Å². The first-order valence-corrected chi connectivity index (χ1v) is 10.4. The van der Waals surface area contributed by atoms with E-state index in [9.17, 15) is 17.6 Å². The van der Waals surface area contributed by atoms with Gasteiger partial charge in [-0.15, -0.1) is 0 Å². The van der Waals surface area contributed by atoms with Crippen molar-refractivity contribution in [2.75, 3.05) is 4.72 Å². The molecule has 6 nitrogen and oxygen atoms in total. The molecule has 0 saturated heterocycles. The summed E-state index contributed by atoms with van der Waals surface area (Å²) in [5.74, 6) is -0.644. The van der Waals surface area contributed by atoms with Gasteiger partial charge < -0.3 is 0 Å². The van der Waals surface area contributed by atoms with Gasteiger partial charge in [-0.05, 0) is 55.8 Å². The van der Waals surface area contributed by atoms with E-state index in [2.05, 4.69) is 14.7 Å². The molecule has 3 rings (SSSR count). The molecule has 0 aliphatic heterocycles. The fourth-order valence-corrected chi connectivity index (χ4v) is 4.34. The first-order chi connectivity index (χ1) is 13.7. The van der Waals surface area contributed by atoms with Crippen LogP contribution in [0.3, 0.4) is 0 Å². The molecule has 0 aliphatic carbocycles. The molecule has 0 fully saturated rings. The lowest BCUT2D eigenvalue weighted by Crippen LogP contribution is -2.15. The van der Waals surface area contributed by atoms with Crippen LogP contribution in [0.15, 0.2) is 53.7 Å². The number of pyridine rings is 2. The molecule has 2 aromatic heterocycles. The Bertz CT molecular complexity index is 1200. The predicted molar refractivity (Wildman–Crippen MR) is 109 cm³/mol. The minimum atomic E-state index is -4.05. The average Bonchev–Trinajstić information content (AvgIpc) is 2.62. The van der Waals surface area contributed by atoms with Gasteiger partial charge in [0.25, 0.3) is 10.0 Å². The summed E-state index contributed by atoms with van der Waals surface area (Å²) in [7, 11) is -4.05. The number of benzene rings is 1. The number of ketones is 1. The predicted octanol–water partition coefficient (Wildman–Crippen LogP) is 4.18. The lowest BCUT2D eigenvalue weighted by atomic mass is 10.1. The standard InChI is InChI=1S/C20H17ClFN3O3S/c1-12(26)7-17-8-14(5-6-23-17)15-9-19(13(2)24-11-15)25-29(27,28)20-4-3-16(22)10-18(20)21/h3-6,8-11,25H,7H2,1-2H3. The van der Waals surface area contributed by atoms with Crippen molar-refractivity contribution in [3.8, 4) is 11.1 Å². The summed E-state index contributed by atoms with van der Waals surface area (Å²) >= 11 is 5.90. The molecule has 0 bridgehead atoms. The zero-order chi connectivity index (χ0) is 21.2. The maximum absolute atomic E-state index is 13.2. The van der Waals surface area contributed by atoms with Crippen LogP contribution in [0.4, 0.5) is 10.1 Å². The molecule has 0 amide bonds. The van der Waals surface area contributed by atoms with Crippen LogP contribution in [0, 0.1) is 12.7 Å². The van der Waals surface area contributed by atoms with Gasteiger partial charge in [0.1, 0.15) is 16.5 Å². The van der Waals surface area contributed by atoms with E-state index in [0.717, 1.165) is 23.8 Å². The maximum atomic E-state index is 13.2. The number of halogens is 2. The quantitative estimate of drug-likeness (QED) is 0.630. The van der Waals surface area contributed by atoms with Gasteiger partial charge >= 0.3 is 0 Å². The van der Waals surface area contributed by atoms with Crippen LogP contribution in [-0.2, 0) is 21.2 Å². The number of Topliss-reactive ketones (excluding diaryl/α,β-unsaturated/α-hetero) is 1. The summed E-state index contributed by atoms with van der Waals surface area (Å²) in [4.78, 5) is 19.5. The highest BCUT2D eigenvalue weighted by Crippen LogP contribution is 2.28. The van der Waals surface area contributed by atoms with Crippen molar-refractivity contribution in [1.82, 2.24) is 9.97 Å². The van der Waals surface area contributed by atoms with Crippen LogP contribution in [0.2, 0.25) is 5.02 Å². The molecule has 0 spiro atoms. The Labute approximate surface area is 172 Å². The van der Waals surface area contributed by atoms with E-state index in [1.165, 1.54) is 6.92 Å². The summed E-state index contributed by atoms with van der Waals surface area (Å²) in [6.07, 6.45) is 3.39. The lowest BCUT2D eigenvalue weighted by Gasteiger charge is -2.13. The van der Waals surface area contributed by atoms with Gasteiger partial charge in [0.15, 0.2) is 0 Å². The van der Waals surface area contributed by atoms with Crippen molar-refractivity contribution in [2.24, 2.45) is 0 Å². The lowest BCUT2D eigenvalue weighted by molar-refractivity contribution is -0.116. The minimum absolute atomic E-state index is 0.0127. The molecule has 150 valence electrons. The number of carbonyl (C=O) groups excluding carboxylic acids is 1. The fraction of sp³-hybridized carbons (Fsp3) is 0.150. The van der Waals surface area contributed by atoms with Crippen molar-refractivity contribution in [1.29, 1.82) is 0 Å². The summed E-state index contributed by atoms with van der Waals surface area (Å²) in [5.41, 5.74) is 2.70. The number of aryl methyl sites for hydroxylation is 1. The van der Waals surface area contributed by atoms with Crippen LogP contribution in [0.1, 0.15) is 18.3 Å². The number of hydrogen-bond donors (Lipinski definition) is 1. The molecule has 0 radical (unpaired) electrons. The van der Waals surface area contributed by atoms with E-state index in [4.69, 9.17) is 11.6 Å². The molecule has 1 aromatic carbocycles. The number of nitrogens with zero attached hydrogens (tertiary/aromatic N) is 2. The number of aromatic nitrogens is 2. The van der Waals surface area contributed by atoms with E-state index in [-0.39, 0.29) is 27.8 Å². The second-order valence-corrected chi connectivity index (χ2v) is 8.51. The Morgan fingerprint density at radius 1 is 1.14 bits per heavy atom. The van der Waals surface area contributed by atoms with Crippen LogP contribution in [-0.4, -0.2) is 24.2 Å². The second-order valence-electron chi connectivity index (χ2n) is 6.45. The van der Waals surface area contributed by atoms with Crippen molar-refractivity contribution in [3.05, 3.63) is 71.0 Å². The Kier molecular flexibility index (Phi) is 5.95. The number of rotatable bonds is 6. The van der Waals surface area contributed by atoms with Gasteiger partial charge in [0, 0.05) is 30.1 Å². The van der Waals surface area contributed by atoms with Crippen LogP contribution < -0.4 is 4.72 Å². The molecule has 0 unspecified atom stereocenters. The largest absolute Gasteiger partial charge is 0.300 e. The monoisotopic (exact) mass is 433 g/mol. The smallest absolute Gasteiger partial charge is 0.263 e. The minimum Gasteiger partial charge on any atom is -0.300 e. The Hall–Kier alpha value is -2.84. The third kappa shape index (κ3) is 4.96. The molecule has 2 heterocycles. The fourth-order valence-electron chi connectivity index (χ4n) is 2.70. The van der Waals surface area contributed by atoms with Gasteiger partial charge in [0.05, 0.1) is 16.4 Å². The molecule has 3 aromatic rings. The number of sulfonamides is 1. The zero-order valence-corrected chi connectivity index (χ0v) is 17.2. The molecule has 0 atom stereocenters. The highest BCUT2D eigenvalue weighted by molar-refractivity contribution is 7.92. The molecule has 9 heteroatoms. The summed E-state index contributed by atoms with van der Waals surface area (Å²) in [6.45, 7) is 3.14. The maximum Gasteiger partial charge on any atom is 0.263 e.